The first kappa shape index (κ1) is 32.3. The van der Waals surface area contributed by atoms with E-state index in [1.807, 2.05) is 52.5 Å². The molecule has 0 unspecified atom stereocenters. The van der Waals surface area contributed by atoms with E-state index in [1.165, 1.54) is 12.8 Å². The van der Waals surface area contributed by atoms with Crippen molar-refractivity contribution in [1.29, 1.82) is 0 Å². The van der Waals surface area contributed by atoms with Gasteiger partial charge in [0.2, 0.25) is 5.91 Å². The number of nitrogens with one attached hydrogen (secondary N) is 2. The molecule has 38 heavy (non-hydrogen) atoms. The van der Waals surface area contributed by atoms with Gasteiger partial charge in [-0.1, -0.05) is 39.0 Å². The Morgan fingerprint density at radius 2 is 1.79 bits per heavy atom. The largest absolute Gasteiger partial charge is 0.315 e. The summed E-state index contributed by atoms with van der Waals surface area (Å²) in [6, 6.07) is 13.0. The van der Waals surface area contributed by atoms with Crippen LogP contribution < -0.4 is 16.4 Å². The fourth-order valence-corrected chi connectivity index (χ4v) is 3.99. The molecule has 1 saturated carbocycles. The van der Waals surface area contributed by atoms with Gasteiger partial charge in [0, 0.05) is 42.2 Å². The Labute approximate surface area is 222 Å². The predicted molar refractivity (Wildman–Crippen MR) is 147 cm³/mol. The first-order valence-corrected chi connectivity index (χ1v) is 12.7. The second-order valence-corrected chi connectivity index (χ2v) is 8.46. The molecule has 0 spiro atoms. The molecule has 1 heterocycles. The van der Waals surface area contributed by atoms with Gasteiger partial charge in [-0.3, -0.25) is 14.8 Å². The van der Waals surface area contributed by atoms with Gasteiger partial charge in [0.1, 0.15) is 19.4 Å². The zero-order valence-electron chi connectivity index (χ0n) is 22.3. The summed E-state index contributed by atoms with van der Waals surface area (Å²) in [5.74, 6) is -1.08. The summed E-state index contributed by atoms with van der Waals surface area (Å²) in [7, 11) is 0. The Kier molecular flexibility index (Phi) is 14.4. The van der Waals surface area contributed by atoms with Crippen LogP contribution in [0.15, 0.2) is 53.5 Å². The number of pyridine rings is 1. The van der Waals surface area contributed by atoms with Crippen molar-refractivity contribution >= 4 is 30.3 Å². The first-order valence-electron chi connectivity index (χ1n) is 12.7. The molecule has 1 aliphatic rings. The lowest BCUT2D eigenvalue weighted by Crippen LogP contribution is -2.29. The number of nitrogens with zero attached hydrogens (tertiary/aromatic N) is 1. The van der Waals surface area contributed by atoms with E-state index in [2.05, 4.69) is 5.32 Å². The second kappa shape index (κ2) is 16.9. The zero-order chi connectivity index (χ0) is 28.7. The van der Waals surface area contributed by atoms with Crippen LogP contribution in [-0.2, 0) is 27.5 Å². The molecule has 1 aromatic heterocycles. The van der Waals surface area contributed by atoms with Crippen LogP contribution in [0.25, 0.3) is 21.9 Å². The molecule has 8 nitrogen and oxygen atoms in total. The highest BCUT2D eigenvalue weighted by Crippen LogP contribution is 2.27. The molecule has 4 rings (SSSR count). The van der Waals surface area contributed by atoms with Crippen molar-refractivity contribution in [2.45, 2.75) is 65.6 Å². The molecule has 206 valence electrons. The van der Waals surface area contributed by atoms with E-state index in [1.54, 1.807) is 40.5 Å². The lowest BCUT2D eigenvalue weighted by Gasteiger charge is -2.14. The van der Waals surface area contributed by atoms with E-state index in [-0.39, 0.29) is 17.3 Å². The first-order chi connectivity index (χ1) is 18.5. The summed E-state index contributed by atoms with van der Waals surface area (Å²) in [6.45, 7) is 10.9. The summed E-state index contributed by atoms with van der Waals surface area (Å²) in [4.78, 5) is 40.6. The molecule has 1 fully saturated rings. The minimum atomic E-state index is -0.442. The summed E-state index contributed by atoms with van der Waals surface area (Å²) in [5, 5.41) is 13.5. The molecule has 0 bridgehead atoms. The number of benzene rings is 2. The maximum atomic E-state index is 14.8. The lowest BCUT2D eigenvalue weighted by molar-refractivity contribution is -0.133. The Bertz CT molecular complexity index is 1220. The van der Waals surface area contributed by atoms with E-state index >= 15 is 0 Å². The van der Waals surface area contributed by atoms with Crippen molar-refractivity contribution in [2.24, 2.45) is 5.92 Å². The Morgan fingerprint density at radius 1 is 1.11 bits per heavy atom. The Morgan fingerprint density at radius 3 is 2.37 bits per heavy atom. The van der Waals surface area contributed by atoms with Gasteiger partial charge < -0.3 is 19.5 Å². The van der Waals surface area contributed by atoms with E-state index in [4.69, 9.17) is 14.8 Å². The number of carbonyl (C=O) groups is 3. The number of amides is 1. The number of hydrogen-bond acceptors (Lipinski definition) is 6. The average molecular weight is 528 g/mol. The molecule has 3 aromatic rings. The number of fused-ring (bicyclic) bond motifs is 1. The van der Waals surface area contributed by atoms with E-state index in [9.17, 15) is 14.0 Å². The molecule has 9 heteroatoms. The van der Waals surface area contributed by atoms with Crippen LogP contribution in [0.2, 0.25) is 0 Å². The van der Waals surface area contributed by atoms with Gasteiger partial charge in [-0.15, -0.1) is 0 Å². The van der Waals surface area contributed by atoms with Gasteiger partial charge in [0.05, 0.1) is 0 Å². The third-order valence-corrected chi connectivity index (χ3v) is 6.19. The van der Waals surface area contributed by atoms with Crippen LogP contribution in [-0.4, -0.2) is 35.3 Å². The molecule has 1 aliphatic carbocycles. The predicted octanol–water partition coefficient (Wildman–Crippen LogP) is 4.64. The lowest BCUT2D eigenvalue weighted by atomic mass is 10.00. The van der Waals surface area contributed by atoms with Gasteiger partial charge in [0.15, 0.2) is 0 Å². The molecule has 1 atom stereocenters. The van der Waals surface area contributed by atoms with Gasteiger partial charge in [-0.25, -0.2) is 9.87 Å². The quantitative estimate of drug-likeness (QED) is 0.276. The summed E-state index contributed by atoms with van der Waals surface area (Å²) >= 11 is 0. The third kappa shape index (κ3) is 8.71. The molecule has 0 radical (unpaired) electrons. The van der Waals surface area contributed by atoms with Crippen molar-refractivity contribution < 1.29 is 24.0 Å². The van der Waals surface area contributed by atoms with Crippen molar-refractivity contribution in [2.75, 3.05) is 0 Å². The summed E-state index contributed by atoms with van der Waals surface area (Å²) in [5.41, 5.74) is 3.67. The van der Waals surface area contributed by atoms with Crippen molar-refractivity contribution in [1.82, 2.24) is 15.4 Å². The third-order valence-electron chi connectivity index (χ3n) is 6.19. The average Bonchev–Trinajstić information content (AvgIpc) is 3.81. The normalized spacial score (nSPS) is 12.6. The van der Waals surface area contributed by atoms with Crippen LogP contribution in [0, 0.1) is 11.7 Å². The fraction of sp³-hybridized carbons (Fsp3) is 0.379. The van der Waals surface area contributed by atoms with Crippen LogP contribution in [0.4, 0.5) is 4.39 Å². The number of halogens is 1. The highest BCUT2D eigenvalue weighted by molar-refractivity contribution is 5.86. The second-order valence-electron chi connectivity index (χ2n) is 8.46. The minimum Gasteiger partial charge on any atom is -0.315 e. The fourth-order valence-electron chi connectivity index (χ4n) is 3.99. The number of aryl methyl sites for hydroxylation is 1. The maximum absolute atomic E-state index is 14.8. The molecule has 1 amide bonds. The highest BCUT2D eigenvalue weighted by Gasteiger charge is 2.20. The monoisotopic (exact) mass is 527 g/mol. The number of hydrogen-bond donors (Lipinski definition) is 3. The minimum absolute atomic E-state index is 0.157. The van der Waals surface area contributed by atoms with Gasteiger partial charge in [0.25, 0.3) is 5.56 Å². The smallest absolute Gasteiger partial charge is 0.258 e. The molecule has 0 saturated heterocycles. The standard InChI is InChI=1S/C25H28FN3O3.C2H6.2CH2O/c1-2-17(24(30)28-32)9-11-29-12-10-19-14-18(4-8-22(19)25(29)31)21-7-3-16(13-23(21)26)15-27-20-5-6-20;3*1-2/h3-4,7-8,10,12-14,17,20,27,32H,2,5-6,9,11,15H2,1H3,(H,28,30);1-2H3;2*1H2/t17-;;;/m1.../s1. The molecule has 3 N–H and O–H groups in total. The van der Waals surface area contributed by atoms with Crippen LogP contribution in [0.1, 0.15) is 52.0 Å². The Balaban J connectivity index is 0.00000112. The van der Waals surface area contributed by atoms with Crippen LogP contribution in [0.5, 0.6) is 0 Å². The number of rotatable bonds is 9. The van der Waals surface area contributed by atoms with Crippen molar-refractivity contribution in [3.05, 3.63) is 70.4 Å². The molecule has 2 aromatic carbocycles. The zero-order valence-corrected chi connectivity index (χ0v) is 22.3. The van der Waals surface area contributed by atoms with Crippen molar-refractivity contribution in [3.8, 4) is 11.1 Å². The SMILES string of the molecule is C=O.C=O.CC.CC[C@H](CCn1ccc2cc(-c3ccc(CNC4CC4)cc3F)ccc2c1=O)C(=O)NO. The summed E-state index contributed by atoms with van der Waals surface area (Å²) in [6.07, 6.45) is 5.09. The molecule has 0 aliphatic heterocycles. The highest BCUT2D eigenvalue weighted by atomic mass is 19.1. The summed E-state index contributed by atoms with van der Waals surface area (Å²) < 4.78 is 16.3. The maximum Gasteiger partial charge on any atom is 0.258 e. The number of hydroxylamine groups is 1. The van der Waals surface area contributed by atoms with Gasteiger partial charge in [-0.2, -0.15) is 0 Å². The van der Waals surface area contributed by atoms with Crippen LogP contribution in [0.3, 0.4) is 0 Å². The number of carbonyl (C=O) groups excluding carboxylic acids is 3. The molecular formula is C29H38FN3O5. The van der Waals surface area contributed by atoms with Crippen LogP contribution >= 0.6 is 0 Å². The van der Waals surface area contributed by atoms with E-state index in [0.29, 0.717) is 42.9 Å². The topological polar surface area (TPSA) is 118 Å². The van der Waals surface area contributed by atoms with E-state index < -0.39 is 5.91 Å². The van der Waals surface area contributed by atoms with Crippen molar-refractivity contribution in [3.63, 3.8) is 0 Å². The molecular weight excluding hydrogens is 489 g/mol. The van der Waals surface area contributed by atoms with Gasteiger partial charge in [-0.05, 0) is 66.5 Å². The number of aromatic nitrogens is 1. The Hall–Kier alpha value is -3.69. The van der Waals surface area contributed by atoms with E-state index in [0.717, 1.165) is 16.5 Å². The van der Waals surface area contributed by atoms with Gasteiger partial charge >= 0.3 is 0 Å².